The molecular formula is C13H15N3O3. The van der Waals surface area contributed by atoms with Crippen LogP contribution in [0.4, 0.5) is 5.69 Å². The second kappa shape index (κ2) is 5.99. The minimum Gasteiger partial charge on any atom is -0.460 e. The van der Waals surface area contributed by atoms with E-state index >= 15 is 0 Å². The lowest BCUT2D eigenvalue weighted by atomic mass is 10.2. The minimum atomic E-state index is -0.576. The number of hydrogen-bond acceptors (Lipinski definition) is 6. The molecule has 0 fully saturated rings. The molecular weight excluding hydrogens is 246 g/mol. The number of aryl methyl sites for hydroxylation is 1. The Bertz CT molecular complexity index is 549. The molecule has 1 aromatic heterocycles. The lowest BCUT2D eigenvalue weighted by molar-refractivity contribution is 0.0508. The van der Waals surface area contributed by atoms with Crippen LogP contribution in [-0.4, -0.2) is 22.7 Å². The highest BCUT2D eigenvalue weighted by molar-refractivity contribution is 5.84. The van der Waals surface area contributed by atoms with Gasteiger partial charge in [-0.25, -0.2) is 4.79 Å². The Morgan fingerprint density at radius 1 is 1.37 bits per heavy atom. The van der Waals surface area contributed by atoms with E-state index in [-0.39, 0.29) is 12.4 Å². The summed E-state index contributed by atoms with van der Waals surface area (Å²) >= 11 is 0. The number of benzene rings is 1. The van der Waals surface area contributed by atoms with Gasteiger partial charge in [0.25, 0.3) is 5.82 Å². The molecule has 1 aromatic carbocycles. The van der Waals surface area contributed by atoms with Gasteiger partial charge in [0.15, 0.2) is 0 Å². The second-order valence-electron chi connectivity index (χ2n) is 3.95. The lowest BCUT2D eigenvalue weighted by Crippen LogP contribution is -2.07. The summed E-state index contributed by atoms with van der Waals surface area (Å²) in [5.41, 5.74) is 2.13. The molecule has 19 heavy (non-hydrogen) atoms. The van der Waals surface area contributed by atoms with Crippen molar-refractivity contribution in [2.24, 2.45) is 0 Å². The number of rotatable bonds is 5. The van der Waals surface area contributed by atoms with E-state index in [0.29, 0.717) is 12.4 Å². The minimum absolute atomic E-state index is 0.0532. The quantitative estimate of drug-likeness (QED) is 0.831. The molecule has 6 nitrogen and oxygen atoms in total. The Morgan fingerprint density at radius 2 is 2.11 bits per heavy atom. The van der Waals surface area contributed by atoms with Crippen molar-refractivity contribution in [3.8, 4) is 0 Å². The maximum atomic E-state index is 11.3. The molecule has 0 unspecified atom stereocenters. The Labute approximate surface area is 110 Å². The molecule has 0 aliphatic carbocycles. The van der Waals surface area contributed by atoms with E-state index in [9.17, 15) is 4.79 Å². The van der Waals surface area contributed by atoms with Crippen LogP contribution < -0.4 is 5.32 Å². The van der Waals surface area contributed by atoms with E-state index in [1.54, 1.807) is 6.92 Å². The van der Waals surface area contributed by atoms with Crippen LogP contribution in [0.2, 0.25) is 0 Å². The third-order valence-corrected chi connectivity index (χ3v) is 2.42. The summed E-state index contributed by atoms with van der Waals surface area (Å²) in [5, 5.41) is 6.68. The Kier molecular flexibility index (Phi) is 4.12. The van der Waals surface area contributed by atoms with Crippen molar-refractivity contribution >= 4 is 11.7 Å². The van der Waals surface area contributed by atoms with Crippen molar-refractivity contribution in [2.45, 2.75) is 20.4 Å². The number of carbonyl (C=O) groups is 1. The molecule has 1 N–H and O–H groups in total. The summed E-state index contributed by atoms with van der Waals surface area (Å²) in [4.78, 5) is 15.3. The third kappa shape index (κ3) is 3.54. The summed E-state index contributed by atoms with van der Waals surface area (Å²) in [6.45, 7) is 4.38. The molecule has 1 heterocycles. The number of esters is 1. The predicted octanol–water partition coefficient (Wildman–Crippen LogP) is 2.17. The normalized spacial score (nSPS) is 10.2. The Hall–Kier alpha value is -2.37. The summed E-state index contributed by atoms with van der Waals surface area (Å²) in [5.74, 6) is -0.293. The molecule has 0 radical (unpaired) electrons. The third-order valence-electron chi connectivity index (χ3n) is 2.42. The van der Waals surface area contributed by atoms with Crippen LogP contribution in [0.15, 0.2) is 28.8 Å². The van der Waals surface area contributed by atoms with Gasteiger partial charge in [0.1, 0.15) is 0 Å². The van der Waals surface area contributed by atoms with Crippen LogP contribution in [0.5, 0.6) is 0 Å². The highest BCUT2D eigenvalue weighted by atomic mass is 16.5. The molecule has 0 aliphatic heterocycles. The summed E-state index contributed by atoms with van der Waals surface area (Å²) < 4.78 is 9.73. The molecule has 0 aliphatic rings. The topological polar surface area (TPSA) is 77.2 Å². The van der Waals surface area contributed by atoms with Crippen molar-refractivity contribution in [2.75, 3.05) is 11.9 Å². The zero-order valence-corrected chi connectivity index (χ0v) is 10.8. The number of hydrogen-bond donors (Lipinski definition) is 1. The lowest BCUT2D eigenvalue weighted by Gasteiger charge is -2.02. The number of ether oxygens (including phenoxy) is 1. The fraction of sp³-hybridized carbons (Fsp3) is 0.308. The van der Waals surface area contributed by atoms with Crippen molar-refractivity contribution in [3.63, 3.8) is 0 Å². The Balaban J connectivity index is 1.93. The molecule has 2 aromatic rings. The summed E-state index contributed by atoms with van der Waals surface area (Å²) in [7, 11) is 0. The van der Waals surface area contributed by atoms with E-state index in [1.165, 1.54) is 5.56 Å². The van der Waals surface area contributed by atoms with Crippen LogP contribution in [0.1, 0.15) is 29.0 Å². The van der Waals surface area contributed by atoms with E-state index < -0.39 is 5.97 Å². The zero-order valence-electron chi connectivity index (χ0n) is 10.8. The van der Waals surface area contributed by atoms with Gasteiger partial charge in [-0.2, -0.15) is 4.98 Å². The molecule has 0 bridgehead atoms. The highest BCUT2D eigenvalue weighted by Gasteiger charge is 2.15. The van der Waals surface area contributed by atoms with Gasteiger partial charge in [0, 0.05) is 5.69 Å². The highest BCUT2D eigenvalue weighted by Crippen LogP contribution is 2.10. The van der Waals surface area contributed by atoms with Gasteiger partial charge in [0.05, 0.1) is 13.2 Å². The van der Waals surface area contributed by atoms with Crippen molar-refractivity contribution < 1.29 is 14.1 Å². The van der Waals surface area contributed by atoms with Gasteiger partial charge in [-0.3, -0.25) is 0 Å². The molecule has 6 heteroatoms. The van der Waals surface area contributed by atoms with Crippen molar-refractivity contribution in [3.05, 3.63) is 41.5 Å². The van der Waals surface area contributed by atoms with Crippen LogP contribution in [-0.2, 0) is 11.3 Å². The second-order valence-corrected chi connectivity index (χ2v) is 3.95. The summed E-state index contributed by atoms with van der Waals surface area (Å²) in [6, 6.07) is 7.91. The number of carbonyl (C=O) groups excluding carboxylic acids is 1. The molecule has 100 valence electrons. The number of anilines is 1. The van der Waals surface area contributed by atoms with Gasteiger partial charge in [-0.05, 0) is 31.1 Å². The van der Waals surface area contributed by atoms with E-state index in [1.807, 2.05) is 31.2 Å². The molecule has 0 amide bonds. The van der Waals surface area contributed by atoms with E-state index in [0.717, 1.165) is 5.69 Å². The Morgan fingerprint density at radius 3 is 2.79 bits per heavy atom. The fourth-order valence-electron chi connectivity index (χ4n) is 1.45. The van der Waals surface area contributed by atoms with E-state index in [2.05, 4.69) is 15.5 Å². The first-order valence-electron chi connectivity index (χ1n) is 5.99. The smallest absolute Gasteiger partial charge is 0.379 e. The first kappa shape index (κ1) is 13.1. The van der Waals surface area contributed by atoms with Gasteiger partial charge in [0.2, 0.25) is 5.89 Å². The molecule has 0 atom stereocenters. The molecule has 0 spiro atoms. The molecule has 0 saturated heterocycles. The van der Waals surface area contributed by atoms with E-state index in [4.69, 9.17) is 9.26 Å². The van der Waals surface area contributed by atoms with Gasteiger partial charge in [-0.1, -0.05) is 17.7 Å². The average Bonchev–Trinajstić information content (AvgIpc) is 2.87. The van der Waals surface area contributed by atoms with Crippen LogP contribution in [0.3, 0.4) is 0 Å². The van der Waals surface area contributed by atoms with Gasteiger partial charge < -0.3 is 14.6 Å². The molecule has 2 rings (SSSR count). The number of nitrogens with zero attached hydrogens (tertiary/aromatic N) is 2. The average molecular weight is 261 g/mol. The van der Waals surface area contributed by atoms with Crippen LogP contribution in [0, 0.1) is 6.92 Å². The van der Waals surface area contributed by atoms with Gasteiger partial charge >= 0.3 is 5.97 Å². The maximum absolute atomic E-state index is 11.3. The first-order valence-corrected chi connectivity index (χ1v) is 5.99. The largest absolute Gasteiger partial charge is 0.460 e. The fourth-order valence-corrected chi connectivity index (χ4v) is 1.45. The first-order chi connectivity index (χ1) is 9.19. The van der Waals surface area contributed by atoms with Crippen molar-refractivity contribution in [1.82, 2.24) is 10.1 Å². The predicted molar refractivity (Wildman–Crippen MR) is 68.8 cm³/mol. The van der Waals surface area contributed by atoms with Crippen LogP contribution in [0.25, 0.3) is 0 Å². The monoisotopic (exact) mass is 261 g/mol. The SMILES string of the molecule is CCOC(=O)c1noc(CNc2ccc(C)cc2)n1. The molecule has 0 saturated carbocycles. The number of aromatic nitrogens is 2. The van der Waals surface area contributed by atoms with Gasteiger partial charge in [-0.15, -0.1) is 0 Å². The van der Waals surface area contributed by atoms with Crippen LogP contribution >= 0.6 is 0 Å². The maximum Gasteiger partial charge on any atom is 0.379 e. The number of nitrogens with one attached hydrogen (secondary N) is 1. The van der Waals surface area contributed by atoms with Crippen molar-refractivity contribution in [1.29, 1.82) is 0 Å². The zero-order chi connectivity index (χ0) is 13.7. The summed E-state index contributed by atoms with van der Waals surface area (Å²) in [6.07, 6.45) is 0. The standard InChI is InChI=1S/C13H15N3O3/c1-3-18-13(17)12-15-11(19-16-12)8-14-10-6-4-9(2)5-7-10/h4-7,14H,3,8H2,1-2H3.